The third-order valence-electron chi connectivity index (χ3n) is 6.83. The maximum absolute atomic E-state index is 12.8. The van der Waals surface area contributed by atoms with Gasteiger partial charge in [0.15, 0.2) is 11.5 Å². The van der Waals surface area contributed by atoms with E-state index in [1.807, 2.05) is 23.6 Å². The SMILES string of the molecule is CCOCCOc1c(OC)c(OC)c(OCCOCC)c2c(N)nc(N3CCN(C(=O)C4CCCO4)CC3)nc12. The van der Waals surface area contributed by atoms with Gasteiger partial charge in [-0.3, -0.25) is 4.79 Å². The first kappa shape index (κ1) is 29.7. The van der Waals surface area contributed by atoms with E-state index < -0.39 is 0 Å². The summed E-state index contributed by atoms with van der Waals surface area (Å²) in [7, 11) is 3.05. The molecule has 1 amide bonds. The number of benzene rings is 1. The Kier molecular flexibility index (Phi) is 10.7. The monoisotopic (exact) mass is 563 g/mol. The van der Waals surface area contributed by atoms with Crippen LogP contribution in [-0.2, 0) is 19.0 Å². The number of carbonyl (C=O) groups excluding carboxylic acids is 1. The number of nitrogens with zero attached hydrogens (tertiary/aromatic N) is 4. The Morgan fingerprint density at radius 3 is 2.10 bits per heavy atom. The highest BCUT2D eigenvalue weighted by Crippen LogP contribution is 2.52. The largest absolute Gasteiger partial charge is 0.490 e. The van der Waals surface area contributed by atoms with Gasteiger partial charge in [0.05, 0.1) is 32.8 Å². The molecule has 0 radical (unpaired) electrons. The molecule has 0 aliphatic carbocycles. The van der Waals surface area contributed by atoms with Gasteiger partial charge >= 0.3 is 0 Å². The molecule has 1 unspecified atom stereocenters. The third kappa shape index (κ3) is 6.53. The number of carbonyl (C=O) groups is 1. The van der Waals surface area contributed by atoms with Crippen LogP contribution in [0.3, 0.4) is 0 Å². The fourth-order valence-corrected chi connectivity index (χ4v) is 4.86. The van der Waals surface area contributed by atoms with E-state index in [9.17, 15) is 4.79 Å². The summed E-state index contributed by atoms with van der Waals surface area (Å²) in [6.07, 6.45) is 1.36. The number of hydrogen-bond acceptors (Lipinski definition) is 12. The number of anilines is 2. The topological polar surface area (TPSA) is 140 Å². The third-order valence-corrected chi connectivity index (χ3v) is 6.83. The van der Waals surface area contributed by atoms with Crippen molar-refractivity contribution in [2.24, 2.45) is 0 Å². The number of amides is 1. The highest BCUT2D eigenvalue weighted by atomic mass is 16.6. The molecule has 0 spiro atoms. The zero-order valence-corrected chi connectivity index (χ0v) is 23.9. The van der Waals surface area contributed by atoms with Crippen molar-refractivity contribution < 1.29 is 38.0 Å². The van der Waals surface area contributed by atoms with Crippen molar-refractivity contribution in [3.05, 3.63) is 0 Å². The van der Waals surface area contributed by atoms with Crippen molar-refractivity contribution in [2.75, 3.05) is 97.3 Å². The van der Waals surface area contributed by atoms with Gasteiger partial charge in [-0.15, -0.1) is 0 Å². The number of methoxy groups -OCH3 is 2. The molecular formula is C27H41N5O8. The quantitative estimate of drug-likeness (QED) is 0.336. The van der Waals surface area contributed by atoms with E-state index in [-0.39, 0.29) is 31.0 Å². The first-order chi connectivity index (χ1) is 19.5. The number of fused-ring (bicyclic) bond motifs is 1. The minimum Gasteiger partial charge on any atom is -0.490 e. The molecule has 2 aliphatic heterocycles. The Morgan fingerprint density at radius 1 is 0.900 bits per heavy atom. The lowest BCUT2D eigenvalue weighted by Gasteiger charge is -2.36. The average molecular weight is 564 g/mol. The molecule has 4 rings (SSSR count). The molecule has 0 saturated carbocycles. The highest BCUT2D eigenvalue weighted by Gasteiger charge is 2.32. The highest BCUT2D eigenvalue weighted by molar-refractivity contribution is 6.02. The summed E-state index contributed by atoms with van der Waals surface area (Å²) in [5.41, 5.74) is 7.00. The fraction of sp³-hybridized carbons (Fsp3) is 0.667. The van der Waals surface area contributed by atoms with Crippen LogP contribution in [0.4, 0.5) is 11.8 Å². The molecular weight excluding hydrogens is 522 g/mol. The number of nitrogens with two attached hydrogens (primary N) is 1. The first-order valence-corrected chi connectivity index (χ1v) is 13.8. The Bertz CT molecular complexity index is 1140. The van der Waals surface area contributed by atoms with Crippen molar-refractivity contribution in [1.82, 2.24) is 14.9 Å². The predicted molar refractivity (Wildman–Crippen MR) is 149 cm³/mol. The zero-order chi connectivity index (χ0) is 28.5. The second kappa shape index (κ2) is 14.4. The molecule has 13 nitrogen and oxygen atoms in total. The Hall–Kier alpha value is -3.29. The standard InChI is InChI=1S/C27H41N5O8/c1-5-36-14-16-39-21-19-20(22(40-17-15-37-6-2)24(35-4)23(21)34-3)29-27(30-25(19)28)32-11-9-31(10-12-32)26(33)18-8-7-13-38-18/h18H,5-17H2,1-4H3,(H2,28,29,30). The number of hydrogen-bond donors (Lipinski definition) is 1. The molecule has 0 bridgehead atoms. The summed E-state index contributed by atoms with van der Waals surface area (Å²) < 4.78 is 40.2. The van der Waals surface area contributed by atoms with E-state index in [1.54, 1.807) is 0 Å². The van der Waals surface area contributed by atoms with E-state index in [0.29, 0.717) is 99.1 Å². The van der Waals surface area contributed by atoms with E-state index >= 15 is 0 Å². The zero-order valence-electron chi connectivity index (χ0n) is 23.9. The molecule has 1 aromatic heterocycles. The lowest BCUT2D eigenvalue weighted by molar-refractivity contribution is -0.141. The number of nitrogen functional groups attached to an aromatic ring is 1. The fourth-order valence-electron chi connectivity index (χ4n) is 4.86. The number of ether oxygens (including phenoxy) is 7. The molecule has 1 aromatic carbocycles. The minimum absolute atomic E-state index is 0.0479. The minimum atomic E-state index is -0.334. The van der Waals surface area contributed by atoms with Crippen LogP contribution in [0.2, 0.25) is 0 Å². The normalized spacial score (nSPS) is 17.4. The van der Waals surface area contributed by atoms with Crippen LogP contribution < -0.4 is 29.6 Å². The summed E-state index contributed by atoms with van der Waals surface area (Å²) >= 11 is 0. The van der Waals surface area contributed by atoms with Crippen molar-refractivity contribution >= 4 is 28.6 Å². The number of aromatic nitrogens is 2. The van der Waals surface area contributed by atoms with Gasteiger partial charge < -0.3 is 48.7 Å². The smallest absolute Gasteiger partial charge is 0.251 e. The van der Waals surface area contributed by atoms with E-state index in [2.05, 4.69) is 4.98 Å². The van der Waals surface area contributed by atoms with Gasteiger partial charge in [0.1, 0.15) is 30.7 Å². The Morgan fingerprint density at radius 2 is 1.52 bits per heavy atom. The summed E-state index contributed by atoms with van der Waals surface area (Å²) in [4.78, 5) is 26.2. The maximum Gasteiger partial charge on any atom is 0.251 e. The summed E-state index contributed by atoms with van der Waals surface area (Å²) in [6.45, 7) is 9.06. The van der Waals surface area contributed by atoms with Crippen molar-refractivity contribution in [2.45, 2.75) is 32.8 Å². The molecule has 3 heterocycles. The molecule has 40 heavy (non-hydrogen) atoms. The Balaban J connectivity index is 1.68. The second-order valence-corrected chi connectivity index (χ2v) is 9.26. The summed E-state index contributed by atoms with van der Waals surface area (Å²) in [6, 6.07) is 0. The van der Waals surface area contributed by atoms with Gasteiger partial charge in [0.2, 0.25) is 17.4 Å². The van der Waals surface area contributed by atoms with Gasteiger partial charge in [-0.05, 0) is 26.7 Å². The summed E-state index contributed by atoms with van der Waals surface area (Å²) in [5.74, 6) is 2.04. The number of piperazine rings is 1. The lowest BCUT2D eigenvalue weighted by Crippen LogP contribution is -2.51. The van der Waals surface area contributed by atoms with E-state index in [1.165, 1.54) is 14.2 Å². The summed E-state index contributed by atoms with van der Waals surface area (Å²) in [5, 5.41) is 0.455. The van der Waals surface area contributed by atoms with Crippen LogP contribution in [0.25, 0.3) is 10.9 Å². The van der Waals surface area contributed by atoms with Gasteiger partial charge in [-0.25, -0.2) is 4.98 Å². The molecule has 2 aromatic rings. The average Bonchev–Trinajstić information content (AvgIpc) is 3.52. The van der Waals surface area contributed by atoms with Crippen molar-refractivity contribution in [1.29, 1.82) is 0 Å². The lowest BCUT2D eigenvalue weighted by atomic mass is 10.1. The van der Waals surface area contributed by atoms with Crippen molar-refractivity contribution in [3.63, 3.8) is 0 Å². The van der Waals surface area contributed by atoms with E-state index in [0.717, 1.165) is 12.8 Å². The molecule has 13 heteroatoms. The van der Waals surface area contributed by atoms with Gasteiger partial charge in [0, 0.05) is 46.0 Å². The van der Waals surface area contributed by atoms with Crippen LogP contribution >= 0.6 is 0 Å². The molecule has 2 saturated heterocycles. The molecule has 222 valence electrons. The first-order valence-electron chi connectivity index (χ1n) is 13.8. The van der Waals surface area contributed by atoms with E-state index in [4.69, 9.17) is 43.9 Å². The Labute approximate surface area is 234 Å². The van der Waals surface area contributed by atoms with Gasteiger partial charge in [-0.1, -0.05) is 0 Å². The van der Waals surface area contributed by atoms with Crippen LogP contribution in [0, 0.1) is 0 Å². The maximum atomic E-state index is 12.8. The molecule has 2 aliphatic rings. The van der Waals surface area contributed by atoms with Crippen LogP contribution in [0.5, 0.6) is 23.0 Å². The molecule has 2 fully saturated rings. The predicted octanol–water partition coefficient (Wildman–Crippen LogP) is 1.89. The van der Waals surface area contributed by atoms with Crippen LogP contribution in [-0.4, -0.2) is 114 Å². The molecule has 1 atom stereocenters. The molecule has 2 N–H and O–H groups in total. The van der Waals surface area contributed by atoms with Crippen LogP contribution in [0.1, 0.15) is 26.7 Å². The van der Waals surface area contributed by atoms with Gasteiger partial charge in [0.25, 0.3) is 5.91 Å². The second-order valence-electron chi connectivity index (χ2n) is 9.26. The van der Waals surface area contributed by atoms with Gasteiger partial charge in [-0.2, -0.15) is 4.98 Å². The number of rotatable bonds is 14. The van der Waals surface area contributed by atoms with Crippen LogP contribution in [0.15, 0.2) is 0 Å². The van der Waals surface area contributed by atoms with Crippen molar-refractivity contribution in [3.8, 4) is 23.0 Å².